The number of rotatable bonds is 6. The van der Waals surface area contributed by atoms with Gasteiger partial charge in [-0.2, -0.15) is 5.10 Å². The van der Waals surface area contributed by atoms with Crippen LogP contribution < -0.4 is 0 Å². The molecule has 0 aromatic carbocycles. The van der Waals surface area contributed by atoms with Gasteiger partial charge in [0.15, 0.2) is 0 Å². The number of aryl methyl sites for hydroxylation is 2. The Morgan fingerprint density at radius 2 is 2.04 bits per heavy atom. The van der Waals surface area contributed by atoms with Gasteiger partial charge in [-0.3, -0.25) is 9.59 Å². The molecule has 1 amide bonds. The number of carbonyl (C=O) groups excluding carboxylic acids is 2. The minimum atomic E-state index is -0.673. The van der Waals surface area contributed by atoms with E-state index in [2.05, 4.69) is 10.1 Å². The largest absolute Gasteiger partial charge is 0.469 e. The van der Waals surface area contributed by atoms with Gasteiger partial charge in [0.25, 0.3) is 0 Å². The van der Waals surface area contributed by atoms with Crippen molar-refractivity contribution in [3.05, 3.63) is 11.6 Å². The topological polar surface area (TPSA) is 86.5 Å². The third-order valence-corrected chi connectivity index (χ3v) is 4.36. The molecule has 1 aliphatic heterocycles. The summed E-state index contributed by atoms with van der Waals surface area (Å²) in [5.74, 6) is 0.994. The Morgan fingerprint density at radius 3 is 2.61 bits per heavy atom. The molecule has 1 atom stereocenters. The van der Waals surface area contributed by atoms with Gasteiger partial charge in [-0.1, -0.05) is 0 Å². The van der Waals surface area contributed by atoms with Crippen molar-refractivity contribution in [2.45, 2.75) is 33.2 Å². The molecule has 23 heavy (non-hydrogen) atoms. The van der Waals surface area contributed by atoms with Crippen LogP contribution in [-0.4, -0.2) is 65.5 Å². The fourth-order valence-corrected chi connectivity index (χ4v) is 3.01. The van der Waals surface area contributed by atoms with Gasteiger partial charge in [0, 0.05) is 26.8 Å². The minimum absolute atomic E-state index is 0.0683. The van der Waals surface area contributed by atoms with Gasteiger partial charge in [-0.25, -0.2) is 9.67 Å². The summed E-state index contributed by atoms with van der Waals surface area (Å²) in [5.41, 5.74) is -0.673. The summed E-state index contributed by atoms with van der Waals surface area (Å²) in [6.45, 7) is 5.08. The first-order valence-electron chi connectivity index (χ1n) is 7.65. The average Bonchev–Trinajstić information content (AvgIpc) is 3.09. The Hall–Kier alpha value is -1.96. The fraction of sp³-hybridized carbons (Fsp3) is 0.733. The predicted molar refractivity (Wildman–Crippen MR) is 81.6 cm³/mol. The van der Waals surface area contributed by atoms with Crippen molar-refractivity contribution in [3.8, 4) is 0 Å². The lowest BCUT2D eigenvalue weighted by molar-refractivity contribution is -0.153. The van der Waals surface area contributed by atoms with Crippen LogP contribution in [0.4, 0.5) is 0 Å². The SMILES string of the molecule is COCCC1(C(=O)OC)CCN(C(=O)Cn2nc(C)nc2C)C1. The molecule has 8 nitrogen and oxygen atoms in total. The van der Waals surface area contributed by atoms with Crippen LogP contribution in [0.3, 0.4) is 0 Å². The third-order valence-electron chi connectivity index (χ3n) is 4.36. The molecule has 0 spiro atoms. The number of esters is 1. The zero-order valence-electron chi connectivity index (χ0n) is 14.2. The number of likely N-dealkylation sites (tertiary alicyclic amines) is 1. The standard InChI is InChI=1S/C15H24N4O4/c1-11-16-12(2)19(17-11)9-13(20)18-7-5-15(10-18,6-8-22-3)14(21)23-4/h5-10H2,1-4H3. The highest BCUT2D eigenvalue weighted by molar-refractivity contribution is 5.81. The van der Waals surface area contributed by atoms with E-state index in [1.54, 1.807) is 23.6 Å². The Morgan fingerprint density at radius 1 is 1.30 bits per heavy atom. The van der Waals surface area contributed by atoms with Crippen LogP contribution in [0.2, 0.25) is 0 Å². The second-order valence-electron chi connectivity index (χ2n) is 5.94. The molecule has 1 saturated heterocycles. The third kappa shape index (κ3) is 3.69. The van der Waals surface area contributed by atoms with Crippen molar-refractivity contribution in [3.63, 3.8) is 0 Å². The number of ether oxygens (including phenoxy) is 2. The van der Waals surface area contributed by atoms with Crippen molar-refractivity contribution in [1.82, 2.24) is 19.7 Å². The lowest BCUT2D eigenvalue weighted by Crippen LogP contribution is -2.39. The molecule has 0 N–H and O–H groups in total. The molecular weight excluding hydrogens is 300 g/mol. The quantitative estimate of drug-likeness (QED) is 0.701. The summed E-state index contributed by atoms with van der Waals surface area (Å²) in [7, 11) is 2.97. The van der Waals surface area contributed by atoms with E-state index < -0.39 is 5.41 Å². The lowest BCUT2D eigenvalue weighted by Gasteiger charge is -2.26. The highest BCUT2D eigenvalue weighted by Gasteiger charge is 2.46. The second-order valence-corrected chi connectivity index (χ2v) is 5.94. The molecule has 0 saturated carbocycles. The Kier molecular flexibility index (Phi) is 5.35. The van der Waals surface area contributed by atoms with Gasteiger partial charge in [-0.05, 0) is 26.7 Å². The van der Waals surface area contributed by atoms with Crippen LogP contribution in [0.25, 0.3) is 0 Å². The van der Waals surface area contributed by atoms with E-state index in [4.69, 9.17) is 9.47 Å². The van der Waals surface area contributed by atoms with Crippen LogP contribution in [0.15, 0.2) is 0 Å². The Labute approximate surface area is 135 Å². The van der Waals surface area contributed by atoms with E-state index in [-0.39, 0.29) is 18.4 Å². The number of aromatic nitrogens is 3. The van der Waals surface area contributed by atoms with Gasteiger partial charge in [-0.15, -0.1) is 0 Å². The molecule has 1 fully saturated rings. The normalized spacial score (nSPS) is 20.8. The number of nitrogens with zero attached hydrogens (tertiary/aromatic N) is 4. The summed E-state index contributed by atoms with van der Waals surface area (Å²) in [6.07, 6.45) is 1.13. The molecule has 1 aromatic heterocycles. The van der Waals surface area contributed by atoms with E-state index >= 15 is 0 Å². The second kappa shape index (κ2) is 7.08. The fourth-order valence-electron chi connectivity index (χ4n) is 3.01. The van der Waals surface area contributed by atoms with Crippen LogP contribution in [-0.2, 0) is 25.6 Å². The van der Waals surface area contributed by atoms with Gasteiger partial charge < -0.3 is 14.4 Å². The zero-order valence-corrected chi connectivity index (χ0v) is 14.2. The summed E-state index contributed by atoms with van der Waals surface area (Å²) in [6, 6.07) is 0. The molecule has 1 aromatic rings. The minimum Gasteiger partial charge on any atom is -0.469 e. The zero-order chi connectivity index (χ0) is 17.0. The number of amides is 1. The van der Waals surface area contributed by atoms with Crippen molar-refractivity contribution in [2.24, 2.45) is 5.41 Å². The van der Waals surface area contributed by atoms with Gasteiger partial charge in [0.2, 0.25) is 5.91 Å². The van der Waals surface area contributed by atoms with Gasteiger partial charge >= 0.3 is 5.97 Å². The molecule has 1 aliphatic rings. The van der Waals surface area contributed by atoms with Crippen molar-refractivity contribution >= 4 is 11.9 Å². The maximum atomic E-state index is 12.5. The smallest absolute Gasteiger partial charge is 0.313 e. The first-order chi connectivity index (χ1) is 10.9. The Balaban J connectivity index is 2.05. The first-order valence-corrected chi connectivity index (χ1v) is 7.65. The summed E-state index contributed by atoms with van der Waals surface area (Å²) in [4.78, 5) is 30.6. The molecule has 1 unspecified atom stereocenters. The highest BCUT2D eigenvalue weighted by Crippen LogP contribution is 2.35. The van der Waals surface area contributed by atoms with E-state index in [0.717, 1.165) is 0 Å². The monoisotopic (exact) mass is 324 g/mol. The van der Waals surface area contributed by atoms with E-state index in [1.165, 1.54) is 7.11 Å². The molecule has 2 heterocycles. The maximum absolute atomic E-state index is 12.5. The van der Waals surface area contributed by atoms with E-state index in [0.29, 0.717) is 44.2 Å². The highest BCUT2D eigenvalue weighted by atomic mass is 16.5. The number of carbonyl (C=O) groups is 2. The van der Waals surface area contributed by atoms with E-state index in [9.17, 15) is 9.59 Å². The van der Waals surface area contributed by atoms with Crippen LogP contribution in [0.5, 0.6) is 0 Å². The van der Waals surface area contributed by atoms with Crippen LogP contribution in [0, 0.1) is 19.3 Å². The molecule has 0 radical (unpaired) electrons. The van der Waals surface area contributed by atoms with Crippen LogP contribution in [0.1, 0.15) is 24.5 Å². The molecule has 0 aliphatic carbocycles. The maximum Gasteiger partial charge on any atom is 0.313 e. The van der Waals surface area contributed by atoms with Crippen molar-refractivity contribution < 1.29 is 19.1 Å². The molecular formula is C15H24N4O4. The summed E-state index contributed by atoms with van der Waals surface area (Å²) >= 11 is 0. The molecule has 2 rings (SSSR count). The average molecular weight is 324 g/mol. The van der Waals surface area contributed by atoms with Gasteiger partial charge in [0.1, 0.15) is 18.2 Å². The molecule has 128 valence electrons. The van der Waals surface area contributed by atoms with Gasteiger partial charge in [0.05, 0.1) is 12.5 Å². The number of hydrogen-bond acceptors (Lipinski definition) is 6. The number of methoxy groups -OCH3 is 2. The van der Waals surface area contributed by atoms with Crippen molar-refractivity contribution in [2.75, 3.05) is 33.9 Å². The molecule has 8 heteroatoms. The Bertz CT molecular complexity index is 586. The predicted octanol–water partition coefficient (Wildman–Crippen LogP) is 0.323. The van der Waals surface area contributed by atoms with E-state index in [1.807, 2.05) is 6.92 Å². The number of hydrogen-bond donors (Lipinski definition) is 0. The first kappa shape index (κ1) is 17.4. The summed E-state index contributed by atoms with van der Waals surface area (Å²) in [5, 5.41) is 4.21. The van der Waals surface area contributed by atoms with Crippen LogP contribution >= 0.6 is 0 Å². The van der Waals surface area contributed by atoms with Crippen molar-refractivity contribution in [1.29, 1.82) is 0 Å². The molecule has 0 bridgehead atoms. The lowest BCUT2D eigenvalue weighted by atomic mass is 9.84. The summed E-state index contributed by atoms with van der Waals surface area (Å²) < 4.78 is 11.6.